The van der Waals surface area contributed by atoms with E-state index < -0.39 is 11.7 Å². The third-order valence-electron chi connectivity index (χ3n) is 1.60. The minimum atomic E-state index is -0.564. The first-order chi connectivity index (χ1) is 7.83. The fourth-order valence-electron chi connectivity index (χ4n) is 0.843. The van der Waals surface area contributed by atoms with Gasteiger partial charge in [0.25, 0.3) is 5.95 Å². The Kier molecular flexibility index (Phi) is 4.22. The highest BCUT2D eigenvalue weighted by Gasteiger charge is 2.22. The molecule has 1 aromatic rings. The van der Waals surface area contributed by atoms with Gasteiger partial charge in [0.2, 0.25) is 5.16 Å². The fourth-order valence-corrected chi connectivity index (χ4v) is 1.09. The summed E-state index contributed by atoms with van der Waals surface area (Å²) in [5, 5.41) is 15.6. The van der Waals surface area contributed by atoms with Crippen molar-refractivity contribution in [2.75, 3.05) is 18.2 Å². The molecule has 0 atom stereocenters. The van der Waals surface area contributed by atoms with Gasteiger partial charge in [-0.3, -0.25) is 0 Å². The number of anilines is 1. The van der Waals surface area contributed by atoms with Crippen molar-refractivity contribution in [1.29, 1.82) is 0 Å². The van der Waals surface area contributed by atoms with Crippen LogP contribution >= 0.6 is 11.8 Å². The Balaban J connectivity index is 2.74. The van der Waals surface area contributed by atoms with Gasteiger partial charge < -0.3 is 4.74 Å². The van der Waals surface area contributed by atoms with E-state index in [1.807, 2.05) is 6.26 Å². The molecule has 0 saturated heterocycles. The van der Waals surface area contributed by atoms with Crippen LogP contribution in [0, 0.1) is 0 Å². The zero-order valence-electron chi connectivity index (χ0n) is 10.5. The SMILES string of the molecule is CSc1nnc(N(C)C(=O)OC(C)(C)C)nn1. The average molecular weight is 257 g/mol. The summed E-state index contributed by atoms with van der Waals surface area (Å²) < 4.78 is 5.16. The van der Waals surface area contributed by atoms with Gasteiger partial charge in [0.15, 0.2) is 0 Å². The maximum Gasteiger partial charge on any atom is 0.417 e. The maximum atomic E-state index is 11.7. The molecule has 0 fully saturated rings. The standard InChI is InChI=1S/C9H15N5O2S/c1-9(2,3)16-8(15)14(4)6-10-12-7(17-5)13-11-6/h1-5H3. The summed E-state index contributed by atoms with van der Waals surface area (Å²) >= 11 is 1.33. The van der Waals surface area contributed by atoms with Crippen molar-refractivity contribution in [3.8, 4) is 0 Å². The minimum absolute atomic E-state index is 0.108. The van der Waals surface area contributed by atoms with E-state index in [4.69, 9.17) is 4.74 Å². The molecule has 0 unspecified atom stereocenters. The Bertz CT molecular complexity index is 389. The van der Waals surface area contributed by atoms with Gasteiger partial charge in [-0.1, -0.05) is 11.8 Å². The van der Waals surface area contributed by atoms with Gasteiger partial charge in [-0.05, 0) is 27.0 Å². The average Bonchev–Trinajstić information content (AvgIpc) is 2.26. The lowest BCUT2D eigenvalue weighted by molar-refractivity contribution is 0.0586. The number of ether oxygens (including phenoxy) is 1. The summed E-state index contributed by atoms with van der Waals surface area (Å²) in [6.07, 6.45) is 1.27. The van der Waals surface area contributed by atoms with Crippen molar-refractivity contribution in [1.82, 2.24) is 20.4 Å². The Labute approximate surface area is 104 Å². The molecule has 0 N–H and O–H groups in total. The van der Waals surface area contributed by atoms with Gasteiger partial charge >= 0.3 is 6.09 Å². The van der Waals surface area contributed by atoms with Crippen molar-refractivity contribution in [2.45, 2.75) is 31.5 Å². The molecule has 1 rings (SSSR count). The van der Waals surface area contributed by atoms with Crippen LogP contribution in [0.15, 0.2) is 5.16 Å². The van der Waals surface area contributed by atoms with Crippen LogP contribution in [0.2, 0.25) is 0 Å². The van der Waals surface area contributed by atoms with Crippen molar-refractivity contribution in [3.63, 3.8) is 0 Å². The topological polar surface area (TPSA) is 81.1 Å². The predicted molar refractivity (Wildman–Crippen MR) is 64.0 cm³/mol. The monoisotopic (exact) mass is 257 g/mol. The van der Waals surface area contributed by atoms with Crippen LogP contribution in [0.1, 0.15) is 20.8 Å². The van der Waals surface area contributed by atoms with E-state index in [-0.39, 0.29) is 5.95 Å². The minimum Gasteiger partial charge on any atom is -0.443 e. The van der Waals surface area contributed by atoms with E-state index in [9.17, 15) is 4.79 Å². The summed E-state index contributed by atoms with van der Waals surface area (Å²) in [7, 11) is 1.51. The molecule has 0 bridgehead atoms. The molecule has 0 aliphatic heterocycles. The highest BCUT2D eigenvalue weighted by molar-refractivity contribution is 7.98. The molecule has 1 heterocycles. The molecule has 1 aromatic heterocycles. The number of carbonyl (C=O) groups is 1. The van der Waals surface area contributed by atoms with Gasteiger partial charge in [0, 0.05) is 7.05 Å². The zero-order chi connectivity index (χ0) is 13.1. The Morgan fingerprint density at radius 2 is 1.76 bits per heavy atom. The molecule has 0 aromatic carbocycles. The second-order valence-electron chi connectivity index (χ2n) is 4.23. The second kappa shape index (κ2) is 5.26. The smallest absolute Gasteiger partial charge is 0.417 e. The molecule has 0 radical (unpaired) electrons. The van der Waals surface area contributed by atoms with E-state index in [1.165, 1.54) is 18.8 Å². The van der Waals surface area contributed by atoms with E-state index in [2.05, 4.69) is 20.4 Å². The van der Waals surface area contributed by atoms with Crippen molar-refractivity contribution >= 4 is 23.8 Å². The summed E-state index contributed by atoms with van der Waals surface area (Å²) in [6.45, 7) is 5.35. The van der Waals surface area contributed by atoms with Crippen LogP contribution in [-0.2, 0) is 4.74 Å². The summed E-state index contributed by atoms with van der Waals surface area (Å²) in [6, 6.07) is 0. The van der Waals surface area contributed by atoms with E-state index in [0.29, 0.717) is 5.16 Å². The van der Waals surface area contributed by atoms with Crippen molar-refractivity contribution in [3.05, 3.63) is 0 Å². The zero-order valence-corrected chi connectivity index (χ0v) is 11.3. The molecule has 7 nitrogen and oxygen atoms in total. The van der Waals surface area contributed by atoms with Crippen LogP contribution in [0.3, 0.4) is 0 Å². The molecule has 1 amide bonds. The summed E-state index contributed by atoms with van der Waals surface area (Å²) in [5.41, 5.74) is -0.564. The van der Waals surface area contributed by atoms with E-state index >= 15 is 0 Å². The Morgan fingerprint density at radius 1 is 1.24 bits per heavy atom. The van der Waals surface area contributed by atoms with Gasteiger partial charge in [0.05, 0.1) is 0 Å². The molecule has 0 aliphatic rings. The number of nitrogens with zero attached hydrogens (tertiary/aromatic N) is 5. The van der Waals surface area contributed by atoms with Crippen LogP contribution < -0.4 is 4.90 Å². The van der Waals surface area contributed by atoms with Crippen molar-refractivity contribution in [2.24, 2.45) is 0 Å². The summed E-state index contributed by atoms with van der Waals surface area (Å²) in [5.74, 6) is 0.108. The number of thioether (sulfide) groups is 1. The van der Waals surface area contributed by atoms with Gasteiger partial charge in [-0.25, -0.2) is 9.69 Å². The highest BCUT2D eigenvalue weighted by Crippen LogP contribution is 2.12. The van der Waals surface area contributed by atoms with Gasteiger partial charge in [-0.2, -0.15) is 0 Å². The summed E-state index contributed by atoms with van der Waals surface area (Å²) in [4.78, 5) is 12.8. The first-order valence-corrected chi connectivity index (χ1v) is 6.14. The van der Waals surface area contributed by atoms with Crippen molar-refractivity contribution < 1.29 is 9.53 Å². The van der Waals surface area contributed by atoms with Crippen LogP contribution in [0.5, 0.6) is 0 Å². The van der Waals surface area contributed by atoms with E-state index in [1.54, 1.807) is 20.8 Å². The normalized spacial score (nSPS) is 11.1. The third-order valence-corrected chi connectivity index (χ3v) is 2.13. The third kappa shape index (κ3) is 4.14. The molecule has 8 heteroatoms. The first-order valence-electron chi connectivity index (χ1n) is 4.91. The van der Waals surface area contributed by atoms with E-state index in [0.717, 1.165) is 4.90 Å². The highest BCUT2D eigenvalue weighted by atomic mass is 32.2. The maximum absolute atomic E-state index is 11.7. The lowest BCUT2D eigenvalue weighted by Crippen LogP contribution is -2.35. The van der Waals surface area contributed by atoms with Gasteiger partial charge in [-0.15, -0.1) is 20.4 Å². The Morgan fingerprint density at radius 3 is 2.18 bits per heavy atom. The number of hydrogen-bond acceptors (Lipinski definition) is 7. The molecular formula is C9H15N5O2S. The van der Waals surface area contributed by atoms with Crippen LogP contribution in [-0.4, -0.2) is 45.4 Å². The number of carbonyl (C=O) groups excluding carboxylic acids is 1. The number of hydrogen-bond donors (Lipinski definition) is 0. The molecular weight excluding hydrogens is 242 g/mol. The fraction of sp³-hybridized carbons (Fsp3) is 0.667. The Hall–Kier alpha value is -1.44. The molecule has 0 spiro atoms. The lowest BCUT2D eigenvalue weighted by atomic mass is 10.2. The molecule has 94 valence electrons. The molecule has 17 heavy (non-hydrogen) atoms. The number of rotatable bonds is 2. The molecule has 0 saturated carbocycles. The quantitative estimate of drug-likeness (QED) is 0.740. The number of amides is 1. The second-order valence-corrected chi connectivity index (χ2v) is 5.00. The molecule has 0 aliphatic carbocycles. The largest absolute Gasteiger partial charge is 0.443 e. The van der Waals surface area contributed by atoms with Crippen LogP contribution in [0.25, 0.3) is 0 Å². The van der Waals surface area contributed by atoms with Crippen LogP contribution in [0.4, 0.5) is 10.7 Å². The first kappa shape index (κ1) is 13.6. The predicted octanol–water partition coefficient (Wildman–Crippen LogP) is 1.36. The lowest BCUT2D eigenvalue weighted by Gasteiger charge is -2.22. The van der Waals surface area contributed by atoms with Gasteiger partial charge in [0.1, 0.15) is 5.60 Å². The number of aromatic nitrogens is 4.